The first-order chi connectivity index (χ1) is 16.5. The van der Waals surface area contributed by atoms with Gasteiger partial charge in [0.15, 0.2) is 5.11 Å². The number of carbonyl (C=O) groups is 1. The summed E-state index contributed by atoms with van der Waals surface area (Å²) in [6.07, 6.45) is 2.96. The third-order valence-corrected chi connectivity index (χ3v) is 7.77. The number of nitrogens with one attached hydrogen (secondary N) is 2. The quantitative estimate of drug-likeness (QED) is 0.270. The Bertz CT molecular complexity index is 1410. The van der Waals surface area contributed by atoms with E-state index in [1.54, 1.807) is 11.3 Å². The molecule has 0 saturated carbocycles. The van der Waals surface area contributed by atoms with Crippen molar-refractivity contribution in [2.24, 2.45) is 0 Å². The Morgan fingerprint density at radius 2 is 1.94 bits per heavy atom. The third kappa shape index (κ3) is 4.08. The third-order valence-electron chi connectivity index (χ3n) is 6.36. The Morgan fingerprint density at radius 1 is 1.15 bits per heavy atom. The number of benzene rings is 2. The zero-order valence-corrected chi connectivity index (χ0v) is 21.0. The summed E-state index contributed by atoms with van der Waals surface area (Å²) in [6.45, 7) is 4.67. The monoisotopic (exact) mass is 490 g/mol. The number of fused-ring (bicyclic) bond motifs is 2. The van der Waals surface area contributed by atoms with Crippen LogP contribution in [0.1, 0.15) is 44.2 Å². The molecular weight excluding hydrogens is 464 g/mol. The van der Waals surface area contributed by atoms with Gasteiger partial charge in [0.2, 0.25) is 0 Å². The highest BCUT2D eigenvalue weighted by Crippen LogP contribution is 2.39. The Kier molecular flexibility index (Phi) is 6.10. The molecule has 0 aliphatic heterocycles. The van der Waals surface area contributed by atoms with Crippen LogP contribution in [0.2, 0.25) is 0 Å². The van der Waals surface area contributed by atoms with Gasteiger partial charge in [-0.25, -0.2) is 4.79 Å². The van der Waals surface area contributed by atoms with Crippen LogP contribution in [0.25, 0.3) is 10.8 Å². The molecule has 5 rings (SSSR count). The largest absolute Gasteiger partial charge is 0.465 e. The molecule has 0 bridgehead atoms. The van der Waals surface area contributed by atoms with Crippen LogP contribution in [0, 0.1) is 13.8 Å². The number of anilines is 2. The predicted octanol–water partition coefficient (Wildman–Crippen LogP) is 5.85. The second-order valence-electron chi connectivity index (χ2n) is 8.47. The van der Waals surface area contributed by atoms with Crippen LogP contribution in [0.4, 0.5) is 10.7 Å². The van der Waals surface area contributed by atoms with E-state index in [4.69, 9.17) is 22.1 Å². The number of esters is 1. The van der Waals surface area contributed by atoms with Crippen LogP contribution in [0.3, 0.4) is 0 Å². The molecule has 2 heterocycles. The van der Waals surface area contributed by atoms with E-state index in [9.17, 15) is 4.79 Å². The van der Waals surface area contributed by atoms with Gasteiger partial charge in [0.05, 0.1) is 36.3 Å². The first-order valence-corrected chi connectivity index (χ1v) is 12.5. The average molecular weight is 491 g/mol. The topological polar surface area (TPSA) is 68.2 Å². The Hall–Kier alpha value is -3.23. The number of rotatable bonds is 5. The number of methoxy groups -OCH3 is 1. The molecule has 0 fully saturated rings. The zero-order valence-electron chi connectivity index (χ0n) is 19.4. The molecule has 0 amide bonds. The lowest BCUT2D eigenvalue weighted by atomic mass is 10.0. The minimum atomic E-state index is -0.319. The summed E-state index contributed by atoms with van der Waals surface area (Å²) in [7, 11) is 1.42. The van der Waals surface area contributed by atoms with Crippen LogP contribution < -0.4 is 10.6 Å². The molecule has 6 nitrogen and oxygen atoms in total. The van der Waals surface area contributed by atoms with Crippen LogP contribution in [0.5, 0.6) is 0 Å². The Labute approximate surface area is 207 Å². The SMILES string of the molecule is COC(=O)c1c(NC(=S)Nc2c(C)nn(Cc3cccc4ccccc34)c2C)sc2c1CCC2. The normalized spacial score (nSPS) is 12.6. The van der Waals surface area contributed by atoms with Gasteiger partial charge in [-0.2, -0.15) is 5.10 Å². The molecule has 1 aliphatic carbocycles. The molecule has 4 aromatic rings. The molecule has 0 radical (unpaired) electrons. The second kappa shape index (κ2) is 9.19. The van der Waals surface area contributed by atoms with E-state index in [0.29, 0.717) is 17.2 Å². The lowest BCUT2D eigenvalue weighted by Gasteiger charge is -2.12. The van der Waals surface area contributed by atoms with Gasteiger partial charge in [0, 0.05) is 4.88 Å². The number of hydrogen-bond donors (Lipinski definition) is 2. The number of nitrogens with zero attached hydrogens (tertiary/aromatic N) is 2. The first kappa shape index (κ1) is 22.6. The molecule has 0 unspecified atom stereocenters. The molecule has 2 aromatic heterocycles. The minimum absolute atomic E-state index is 0.319. The highest BCUT2D eigenvalue weighted by Gasteiger charge is 2.27. The number of thiophene rings is 1. The number of thiocarbonyl (C=S) groups is 1. The summed E-state index contributed by atoms with van der Waals surface area (Å²) in [5.41, 5.74) is 5.66. The van der Waals surface area contributed by atoms with E-state index >= 15 is 0 Å². The van der Waals surface area contributed by atoms with Gasteiger partial charge in [-0.05, 0) is 67.2 Å². The van der Waals surface area contributed by atoms with Crippen molar-refractivity contribution in [1.29, 1.82) is 0 Å². The number of aryl methyl sites for hydroxylation is 2. The average Bonchev–Trinajstić information content (AvgIpc) is 3.48. The van der Waals surface area contributed by atoms with Gasteiger partial charge in [-0.15, -0.1) is 11.3 Å². The number of hydrogen-bond acceptors (Lipinski definition) is 5. The van der Waals surface area contributed by atoms with Crippen LogP contribution in [-0.2, 0) is 24.1 Å². The van der Waals surface area contributed by atoms with Crippen LogP contribution in [0.15, 0.2) is 42.5 Å². The maximum Gasteiger partial charge on any atom is 0.341 e. The summed E-state index contributed by atoms with van der Waals surface area (Å²) < 4.78 is 7.04. The van der Waals surface area contributed by atoms with Gasteiger partial charge >= 0.3 is 5.97 Å². The second-order valence-corrected chi connectivity index (χ2v) is 9.99. The highest BCUT2D eigenvalue weighted by molar-refractivity contribution is 7.80. The maximum absolute atomic E-state index is 12.4. The van der Waals surface area contributed by atoms with Gasteiger partial charge in [0.25, 0.3) is 0 Å². The molecule has 8 heteroatoms. The van der Waals surface area contributed by atoms with Gasteiger partial charge in [-0.3, -0.25) is 4.68 Å². The van der Waals surface area contributed by atoms with E-state index in [-0.39, 0.29) is 5.97 Å². The molecule has 2 N–H and O–H groups in total. The van der Waals surface area contributed by atoms with Crippen LogP contribution >= 0.6 is 23.6 Å². The van der Waals surface area contributed by atoms with Crippen molar-refractivity contribution in [3.8, 4) is 0 Å². The summed E-state index contributed by atoms with van der Waals surface area (Å²) in [5, 5.41) is 14.9. The molecule has 2 aromatic carbocycles. The van der Waals surface area contributed by atoms with Crippen molar-refractivity contribution in [2.75, 3.05) is 17.7 Å². The molecule has 0 spiro atoms. The molecule has 1 aliphatic rings. The summed E-state index contributed by atoms with van der Waals surface area (Å²) in [4.78, 5) is 13.7. The molecule has 174 valence electrons. The first-order valence-electron chi connectivity index (χ1n) is 11.3. The van der Waals surface area contributed by atoms with Gasteiger partial charge in [-0.1, -0.05) is 42.5 Å². The number of aromatic nitrogens is 2. The zero-order chi connectivity index (χ0) is 23.8. The lowest BCUT2D eigenvalue weighted by molar-refractivity contribution is 0.0601. The summed E-state index contributed by atoms with van der Waals surface area (Å²) >= 11 is 7.21. The summed E-state index contributed by atoms with van der Waals surface area (Å²) in [6, 6.07) is 14.7. The van der Waals surface area contributed by atoms with Crippen molar-refractivity contribution in [3.63, 3.8) is 0 Å². The van der Waals surface area contributed by atoms with Gasteiger partial charge < -0.3 is 15.4 Å². The summed E-state index contributed by atoms with van der Waals surface area (Å²) in [5.74, 6) is -0.319. The van der Waals surface area contributed by atoms with E-state index in [2.05, 4.69) is 53.1 Å². The highest BCUT2D eigenvalue weighted by atomic mass is 32.1. The smallest absolute Gasteiger partial charge is 0.341 e. The molecule has 34 heavy (non-hydrogen) atoms. The number of ether oxygens (including phenoxy) is 1. The van der Waals surface area contributed by atoms with Gasteiger partial charge in [0.1, 0.15) is 5.00 Å². The predicted molar refractivity (Wildman–Crippen MR) is 142 cm³/mol. The minimum Gasteiger partial charge on any atom is -0.465 e. The van der Waals surface area contributed by atoms with Crippen molar-refractivity contribution in [2.45, 2.75) is 39.7 Å². The fraction of sp³-hybridized carbons (Fsp3) is 0.269. The molecular formula is C26H26N4O2S2. The standard InChI is InChI=1S/C26H26N4O2S2/c1-15-23(16(2)30(29-15)14-18-10-6-9-17-8-4-5-11-19(17)18)27-26(33)28-24-22(25(31)32-3)20-12-7-13-21(20)34-24/h4-6,8-11H,7,12-14H2,1-3H3,(H2,27,28,33). The number of carbonyl (C=O) groups excluding carboxylic acids is 1. The van der Waals surface area contributed by atoms with E-state index in [0.717, 1.165) is 46.9 Å². The molecule has 0 saturated heterocycles. The lowest BCUT2D eigenvalue weighted by Crippen LogP contribution is -2.21. The Morgan fingerprint density at radius 3 is 2.76 bits per heavy atom. The van der Waals surface area contributed by atoms with Crippen molar-refractivity contribution < 1.29 is 9.53 Å². The van der Waals surface area contributed by atoms with Crippen molar-refractivity contribution >= 4 is 56.1 Å². The van der Waals surface area contributed by atoms with E-state index in [1.807, 2.05) is 18.5 Å². The fourth-order valence-corrected chi connectivity index (χ4v) is 6.23. The van der Waals surface area contributed by atoms with E-state index in [1.165, 1.54) is 28.3 Å². The fourth-order valence-electron chi connectivity index (χ4n) is 4.68. The van der Waals surface area contributed by atoms with E-state index < -0.39 is 0 Å². The van der Waals surface area contributed by atoms with Crippen LogP contribution in [-0.4, -0.2) is 28.0 Å². The Balaban J connectivity index is 1.37. The maximum atomic E-state index is 12.4. The van der Waals surface area contributed by atoms with Crippen molar-refractivity contribution in [1.82, 2.24) is 9.78 Å². The molecule has 0 atom stereocenters. The van der Waals surface area contributed by atoms with Crippen molar-refractivity contribution in [3.05, 3.63) is 75.4 Å².